The van der Waals surface area contributed by atoms with Gasteiger partial charge in [-0.25, -0.2) is 0 Å². The van der Waals surface area contributed by atoms with Gasteiger partial charge in [0.25, 0.3) is 0 Å². The number of hydrogen-bond acceptors (Lipinski definition) is 2. The summed E-state index contributed by atoms with van der Waals surface area (Å²) in [6, 6.07) is 7.05. The van der Waals surface area contributed by atoms with Gasteiger partial charge < -0.3 is 11.5 Å². The molecule has 2 amide bonds. The molecule has 0 atom stereocenters. The Balaban J connectivity index is 3.16. The van der Waals surface area contributed by atoms with Crippen LogP contribution in [0.1, 0.15) is 5.56 Å². The third-order valence-corrected chi connectivity index (χ3v) is 2.43. The van der Waals surface area contributed by atoms with E-state index in [9.17, 15) is 9.59 Å². The molecule has 0 radical (unpaired) electrons. The lowest BCUT2D eigenvalue weighted by molar-refractivity contribution is -0.115. The second-order valence-electron chi connectivity index (χ2n) is 2.83. The van der Waals surface area contributed by atoms with Gasteiger partial charge in [0.1, 0.15) is 0 Å². The molecule has 0 saturated heterocycles. The van der Waals surface area contributed by atoms with Gasteiger partial charge in [0, 0.05) is 9.65 Å². The van der Waals surface area contributed by atoms with Crippen molar-refractivity contribution in [3.63, 3.8) is 0 Å². The molecule has 4 nitrogen and oxygen atoms in total. The van der Waals surface area contributed by atoms with Crippen LogP contribution in [0.4, 0.5) is 0 Å². The average molecular weight is 316 g/mol. The molecule has 1 rings (SSSR count). The van der Waals surface area contributed by atoms with E-state index in [-0.39, 0.29) is 5.57 Å². The largest absolute Gasteiger partial charge is 0.366 e. The van der Waals surface area contributed by atoms with Crippen molar-refractivity contribution in [2.24, 2.45) is 11.5 Å². The molecule has 15 heavy (non-hydrogen) atoms. The van der Waals surface area contributed by atoms with Gasteiger partial charge in [-0.1, -0.05) is 12.1 Å². The predicted molar refractivity (Wildman–Crippen MR) is 65.5 cm³/mol. The molecule has 0 aliphatic heterocycles. The monoisotopic (exact) mass is 316 g/mol. The highest BCUT2D eigenvalue weighted by Gasteiger charge is 2.08. The fourth-order valence-electron chi connectivity index (χ4n) is 1.07. The Labute approximate surface area is 100 Å². The van der Waals surface area contributed by atoms with Gasteiger partial charge in [0.05, 0.1) is 5.57 Å². The van der Waals surface area contributed by atoms with E-state index < -0.39 is 11.8 Å². The molecular formula is C10H9IN2O2. The molecule has 78 valence electrons. The van der Waals surface area contributed by atoms with Gasteiger partial charge in [0.15, 0.2) is 0 Å². The molecule has 5 heteroatoms. The Morgan fingerprint density at radius 1 is 1.13 bits per heavy atom. The first-order valence-electron chi connectivity index (χ1n) is 4.07. The van der Waals surface area contributed by atoms with Crippen molar-refractivity contribution in [3.05, 3.63) is 39.5 Å². The summed E-state index contributed by atoms with van der Waals surface area (Å²) in [4.78, 5) is 21.8. The lowest BCUT2D eigenvalue weighted by Gasteiger charge is -2.02. The third kappa shape index (κ3) is 3.35. The number of carbonyl (C=O) groups excluding carboxylic acids is 2. The Morgan fingerprint density at radius 3 is 2.07 bits per heavy atom. The van der Waals surface area contributed by atoms with Crippen LogP contribution < -0.4 is 11.5 Å². The molecule has 0 aromatic heterocycles. The van der Waals surface area contributed by atoms with Gasteiger partial charge in [0.2, 0.25) is 11.8 Å². The summed E-state index contributed by atoms with van der Waals surface area (Å²) >= 11 is 2.14. The molecular weight excluding hydrogens is 307 g/mol. The number of rotatable bonds is 3. The number of carbonyl (C=O) groups is 2. The lowest BCUT2D eigenvalue weighted by Crippen LogP contribution is -2.16. The number of primary amides is 2. The fourth-order valence-corrected chi connectivity index (χ4v) is 1.43. The lowest BCUT2D eigenvalue weighted by atomic mass is 10.1. The molecule has 1 aromatic rings. The van der Waals surface area contributed by atoms with Crippen LogP contribution >= 0.6 is 22.6 Å². The average Bonchev–Trinajstić information content (AvgIpc) is 2.15. The summed E-state index contributed by atoms with van der Waals surface area (Å²) in [7, 11) is 0. The Morgan fingerprint density at radius 2 is 1.67 bits per heavy atom. The molecule has 0 saturated carbocycles. The zero-order valence-corrected chi connectivity index (χ0v) is 9.89. The number of amides is 2. The maximum absolute atomic E-state index is 11.1. The molecule has 1 aromatic carbocycles. The quantitative estimate of drug-likeness (QED) is 0.633. The van der Waals surface area contributed by atoms with Crippen LogP contribution in [-0.4, -0.2) is 11.8 Å². The highest BCUT2D eigenvalue weighted by molar-refractivity contribution is 14.1. The van der Waals surface area contributed by atoms with Crippen LogP contribution in [-0.2, 0) is 9.59 Å². The van der Waals surface area contributed by atoms with Crippen LogP contribution in [0.3, 0.4) is 0 Å². The molecule has 0 fully saturated rings. The van der Waals surface area contributed by atoms with Crippen LogP contribution in [0, 0.1) is 3.57 Å². The number of nitrogens with two attached hydrogens (primary N) is 2. The van der Waals surface area contributed by atoms with Gasteiger partial charge in [-0.15, -0.1) is 0 Å². The van der Waals surface area contributed by atoms with E-state index in [1.807, 2.05) is 12.1 Å². The summed E-state index contributed by atoms with van der Waals surface area (Å²) in [5, 5.41) is 0. The van der Waals surface area contributed by atoms with Crippen LogP contribution in [0.25, 0.3) is 5.57 Å². The minimum atomic E-state index is -0.692. The van der Waals surface area contributed by atoms with E-state index in [1.54, 1.807) is 12.1 Å². The van der Waals surface area contributed by atoms with Gasteiger partial charge in [-0.05, 0) is 40.3 Å². The second-order valence-corrected chi connectivity index (χ2v) is 4.08. The van der Waals surface area contributed by atoms with E-state index in [2.05, 4.69) is 22.6 Å². The molecule has 0 aliphatic carbocycles. The molecule has 0 heterocycles. The van der Waals surface area contributed by atoms with Crippen molar-refractivity contribution in [2.45, 2.75) is 0 Å². The molecule has 0 aliphatic rings. The third-order valence-electron chi connectivity index (χ3n) is 1.71. The van der Waals surface area contributed by atoms with E-state index in [4.69, 9.17) is 11.5 Å². The SMILES string of the molecule is NC(=O)/C=C(\C(N)=O)c1ccc(I)cc1. The first-order chi connectivity index (χ1) is 7.00. The Kier molecular flexibility index (Phi) is 3.84. The molecule has 0 bridgehead atoms. The number of hydrogen-bond donors (Lipinski definition) is 2. The van der Waals surface area contributed by atoms with Crippen molar-refractivity contribution in [2.75, 3.05) is 0 Å². The number of benzene rings is 1. The summed E-state index contributed by atoms with van der Waals surface area (Å²) in [5.41, 5.74) is 10.8. The highest BCUT2D eigenvalue weighted by Crippen LogP contribution is 2.15. The second kappa shape index (κ2) is 4.92. The molecule has 0 unspecified atom stereocenters. The number of halogens is 1. The fraction of sp³-hybridized carbons (Fsp3) is 0. The maximum Gasteiger partial charge on any atom is 0.249 e. The topological polar surface area (TPSA) is 86.2 Å². The Bertz CT molecular complexity index is 424. The predicted octanol–water partition coefficient (Wildman–Crippen LogP) is 0.645. The van der Waals surface area contributed by atoms with E-state index in [0.717, 1.165) is 9.65 Å². The van der Waals surface area contributed by atoms with Crippen molar-refractivity contribution < 1.29 is 9.59 Å². The van der Waals surface area contributed by atoms with Gasteiger partial charge >= 0.3 is 0 Å². The molecule has 4 N–H and O–H groups in total. The van der Waals surface area contributed by atoms with E-state index in [1.165, 1.54) is 0 Å². The van der Waals surface area contributed by atoms with Gasteiger partial charge in [-0.2, -0.15) is 0 Å². The van der Waals surface area contributed by atoms with Crippen molar-refractivity contribution in [1.29, 1.82) is 0 Å². The molecule has 0 spiro atoms. The minimum Gasteiger partial charge on any atom is -0.366 e. The zero-order chi connectivity index (χ0) is 11.4. The van der Waals surface area contributed by atoms with E-state index >= 15 is 0 Å². The van der Waals surface area contributed by atoms with Crippen LogP contribution in [0.5, 0.6) is 0 Å². The van der Waals surface area contributed by atoms with Crippen LogP contribution in [0.15, 0.2) is 30.3 Å². The summed E-state index contributed by atoms with van der Waals surface area (Å²) in [6.45, 7) is 0. The summed E-state index contributed by atoms with van der Waals surface area (Å²) in [5.74, 6) is -1.36. The Hall–Kier alpha value is -1.37. The highest BCUT2D eigenvalue weighted by atomic mass is 127. The maximum atomic E-state index is 11.1. The van der Waals surface area contributed by atoms with Crippen molar-refractivity contribution >= 4 is 40.0 Å². The smallest absolute Gasteiger partial charge is 0.249 e. The van der Waals surface area contributed by atoms with Gasteiger partial charge in [-0.3, -0.25) is 9.59 Å². The van der Waals surface area contributed by atoms with Crippen LogP contribution in [0.2, 0.25) is 0 Å². The first kappa shape index (κ1) is 11.7. The summed E-state index contributed by atoms with van der Waals surface area (Å²) in [6.07, 6.45) is 1.03. The first-order valence-corrected chi connectivity index (χ1v) is 5.15. The standard InChI is InChI=1S/C10H9IN2O2/c11-7-3-1-6(2-4-7)8(10(13)15)5-9(12)14/h1-5H,(H2,12,14)(H2,13,15)/b8-5-. The normalized spacial score (nSPS) is 11.1. The van der Waals surface area contributed by atoms with Crippen molar-refractivity contribution in [1.82, 2.24) is 0 Å². The van der Waals surface area contributed by atoms with Crippen molar-refractivity contribution in [3.8, 4) is 0 Å². The van der Waals surface area contributed by atoms with E-state index in [0.29, 0.717) is 5.56 Å². The zero-order valence-electron chi connectivity index (χ0n) is 7.74. The summed E-state index contributed by atoms with van der Waals surface area (Å²) < 4.78 is 1.03. The minimum absolute atomic E-state index is 0.124.